The van der Waals surface area contributed by atoms with Crippen molar-refractivity contribution in [1.29, 1.82) is 0 Å². The van der Waals surface area contributed by atoms with Crippen molar-refractivity contribution in [2.24, 2.45) is 5.73 Å². The topological polar surface area (TPSA) is 99.2 Å². The van der Waals surface area contributed by atoms with Gasteiger partial charge < -0.3 is 10.5 Å². The number of methoxy groups -OCH3 is 1. The van der Waals surface area contributed by atoms with Crippen LogP contribution in [0.1, 0.15) is 19.3 Å². The molecule has 8 heteroatoms. The molecule has 19 heavy (non-hydrogen) atoms. The van der Waals surface area contributed by atoms with Crippen molar-refractivity contribution < 1.29 is 13.2 Å². The van der Waals surface area contributed by atoms with Gasteiger partial charge in [-0.25, -0.2) is 13.1 Å². The molecule has 3 N–H and O–H groups in total. The fourth-order valence-corrected chi connectivity index (χ4v) is 3.60. The van der Waals surface area contributed by atoms with E-state index >= 15 is 0 Å². The van der Waals surface area contributed by atoms with Gasteiger partial charge in [0, 0.05) is 25.9 Å². The minimum atomic E-state index is -3.54. The van der Waals surface area contributed by atoms with Crippen LogP contribution in [0.5, 0.6) is 0 Å². The summed E-state index contributed by atoms with van der Waals surface area (Å²) in [5.41, 5.74) is 5.40. The number of nitrogens with one attached hydrogen (secondary N) is 1. The zero-order valence-corrected chi connectivity index (χ0v) is 11.8. The maximum absolute atomic E-state index is 12.2. The highest BCUT2D eigenvalue weighted by molar-refractivity contribution is 7.89. The van der Waals surface area contributed by atoms with Crippen LogP contribution in [-0.4, -0.2) is 44.0 Å². The van der Waals surface area contributed by atoms with Crippen molar-refractivity contribution in [2.45, 2.75) is 42.8 Å². The third kappa shape index (κ3) is 3.33. The number of aromatic nitrogens is 2. The Morgan fingerprint density at radius 2 is 2.37 bits per heavy atom. The largest absolute Gasteiger partial charge is 0.380 e. The molecule has 1 heterocycles. The molecule has 2 unspecified atom stereocenters. The molecule has 0 radical (unpaired) electrons. The van der Waals surface area contributed by atoms with Crippen molar-refractivity contribution in [3.63, 3.8) is 0 Å². The first-order valence-electron chi connectivity index (χ1n) is 6.34. The summed E-state index contributed by atoms with van der Waals surface area (Å²) in [5.74, 6) is 0. The van der Waals surface area contributed by atoms with Crippen LogP contribution in [0.3, 0.4) is 0 Å². The second-order valence-electron chi connectivity index (χ2n) is 4.66. The molecular formula is C11H20N4O3S. The predicted molar refractivity (Wildman–Crippen MR) is 70.0 cm³/mol. The van der Waals surface area contributed by atoms with Gasteiger partial charge in [-0.2, -0.15) is 5.10 Å². The minimum absolute atomic E-state index is 0.0474. The lowest BCUT2D eigenvalue weighted by Gasteiger charge is -2.18. The summed E-state index contributed by atoms with van der Waals surface area (Å²) >= 11 is 0. The molecule has 0 aliphatic heterocycles. The number of hydrogen-bond acceptors (Lipinski definition) is 5. The van der Waals surface area contributed by atoms with Crippen molar-refractivity contribution in [3.8, 4) is 0 Å². The molecule has 2 rings (SSSR count). The van der Waals surface area contributed by atoms with Gasteiger partial charge in [0.25, 0.3) is 0 Å². The van der Waals surface area contributed by atoms with Gasteiger partial charge in [0.1, 0.15) is 4.90 Å². The Bertz CT molecular complexity index is 514. The molecule has 0 spiro atoms. The molecule has 1 aliphatic rings. The first-order valence-corrected chi connectivity index (χ1v) is 7.83. The first kappa shape index (κ1) is 14.4. The molecule has 1 fully saturated rings. The van der Waals surface area contributed by atoms with Crippen LogP contribution < -0.4 is 10.5 Å². The monoisotopic (exact) mass is 288 g/mol. The molecule has 1 aromatic heterocycles. The summed E-state index contributed by atoms with van der Waals surface area (Å²) in [6.07, 6.45) is 5.44. The van der Waals surface area contributed by atoms with E-state index in [1.54, 1.807) is 7.11 Å². The number of ether oxygens (including phenoxy) is 1. The van der Waals surface area contributed by atoms with E-state index in [1.807, 2.05) is 0 Å². The van der Waals surface area contributed by atoms with E-state index in [0.29, 0.717) is 13.1 Å². The standard InChI is InChI=1S/C11H20N4O3S/c1-18-11-4-2-3-10(11)14-19(16,17)9-7-13-15(8-9)6-5-12/h7-8,10-11,14H,2-6,12H2,1H3. The zero-order chi connectivity index (χ0) is 13.9. The Balaban J connectivity index is 2.08. The van der Waals surface area contributed by atoms with Gasteiger partial charge >= 0.3 is 0 Å². The van der Waals surface area contributed by atoms with Crippen LogP contribution in [-0.2, 0) is 21.3 Å². The second kappa shape index (κ2) is 6.00. The van der Waals surface area contributed by atoms with Gasteiger partial charge in [0.2, 0.25) is 10.0 Å². The van der Waals surface area contributed by atoms with E-state index in [0.717, 1.165) is 19.3 Å². The van der Waals surface area contributed by atoms with E-state index in [4.69, 9.17) is 10.5 Å². The molecule has 1 aromatic rings. The third-order valence-corrected chi connectivity index (χ3v) is 4.78. The van der Waals surface area contributed by atoms with Crippen LogP contribution in [0.4, 0.5) is 0 Å². The summed E-state index contributed by atoms with van der Waals surface area (Å²) in [4.78, 5) is 0.169. The Labute approximate surface area is 113 Å². The fraction of sp³-hybridized carbons (Fsp3) is 0.727. The maximum atomic E-state index is 12.2. The van der Waals surface area contributed by atoms with Crippen LogP contribution in [0, 0.1) is 0 Å². The summed E-state index contributed by atoms with van der Waals surface area (Å²) in [6.45, 7) is 0.919. The summed E-state index contributed by atoms with van der Waals surface area (Å²) < 4.78 is 33.9. The molecule has 0 aromatic carbocycles. The smallest absolute Gasteiger partial charge is 0.244 e. The molecule has 1 aliphatic carbocycles. The second-order valence-corrected chi connectivity index (χ2v) is 6.37. The molecule has 2 atom stereocenters. The maximum Gasteiger partial charge on any atom is 0.244 e. The number of nitrogens with two attached hydrogens (primary N) is 1. The van der Waals surface area contributed by atoms with Crippen LogP contribution in [0.2, 0.25) is 0 Å². The average molecular weight is 288 g/mol. The summed E-state index contributed by atoms with van der Waals surface area (Å²) in [7, 11) is -1.93. The van der Waals surface area contributed by atoms with Gasteiger partial charge in [0.05, 0.1) is 18.8 Å². The number of sulfonamides is 1. The molecule has 0 bridgehead atoms. The fourth-order valence-electron chi connectivity index (χ4n) is 2.35. The van der Waals surface area contributed by atoms with Gasteiger partial charge in [-0.1, -0.05) is 0 Å². The average Bonchev–Trinajstić information content (AvgIpc) is 2.98. The normalized spacial score (nSPS) is 23.9. The Morgan fingerprint density at radius 1 is 1.58 bits per heavy atom. The van der Waals surface area contributed by atoms with E-state index in [-0.39, 0.29) is 17.0 Å². The first-order chi connectivity index (χ1) is 9.06. The van der Waals surface area contributed by atoms with Gasteiger partial charge in [0.15, 0.2) is 0 Å². The minimum Gasteiger partial charge on any atom is -0.380 e. The zero-order valence-electron chi connectivity index (χ0n) is 10.9. The summed E-state index contributed by atoms with van der Waals surface area (Å²) in [5, 5.41) is 3.97. The van der Waals surface area contributed by atoms with Gasteiger partial charge in [-0.15, -0.1) is 0 Å². The van der Waals surface area contributed by atoms with Crippen molar-refractivity contribution >= 4 is 10.0 Å². The lowest BCUT2D eigenvalue weighted by Crippen LogP contribution is -2.40. The number of rotatable bonds is 6. The van der Waals surface area contributed by atoms with Crippen LogP contribution >= 0.6 is 0 Å². The Kier molecular flexibility index (Phi) is 4.56. The van der Waals surface area contributed by atoms with Crippen LogP contribution in [0.25, 0.3) is 0 Å². The predicted octanol–water partition coefficient (Wildman–Crippen LogP) is -0.312. The summed E-state index contributed by atoms with van der Waals surface area (Å²) in [6, 6.07) is -0.159. The van der Waals surface area contributed by atoms with Crippen molar-refractivity contribution in [2.75, 3.05) is 13.7 Å². The molecule has 0 saturated heterocycles. The molecule has 7 nitrogen and oxygen atoms in total. The van der Waals surface area contributed by atoms with Gasteiger partial charge in [-0.3, -0.25) is 4.68 Å². The SMILES string of the molecule is COC1CCCC1NS(=O)(=O)c1cnn(CCN)c1. The van der Waals surface area contributed by atoms with E-state index < -0.39 is 10.0 Å². The quantitative estimate of drug-likeness (QED) is 0.748. The van der Waals surface area contributed by atoms with Crippen LogP contribution in [0.15, 0.2) is 17.3 Å². The lowest BCUT2D eigenvalue weighted by molar-refractivity contribution is 0.0916. The number of hydrogen-bond donors (Lipinski definition) is 2. The molecular weight excluding hydrogens is 268 g/mol. The highest BCUT2D eigenvalue weighted by Crippen LogP contribution is 2.23. The third-order valence-electron chi connectivity index (χ3n) is 3.34. The Morgan fingerprint density at radius 3 is 3.05 bits per heavy atom. The highest BCUT2D eigenvalue weighted by Gasteiger charge is 2.31. The highest BCUT2D eigenvalue weighted by atomic mass is 32.2. The van der Waals surface area contributed by atoms with E-state index in [9.17, 15) is 8.42 Å². The Hall–Kier alpha value is -0.960. The number of nitrogens with zero attached hydrogens (tertiary/aromatic N) is 2. The molecule has 0 amide bonds. The van der Waals surface area contributed by atoms with E-state index in [2.05, 4.69) is 9.82 Å². The molecule has 1 saturated carbocycles. The van der Waals surface area contributed by atoms with E-state index in [1.165, 1.54) is 17.1 Å². The van der Waals surface area contributed by atoms with Gasteiger partial charge in [-0.05, 0) is 19.3 Å². The van der Waals surface area contributed by atoms with Crippen molar-refractivity contribution in [1.82, 2.24) is 14.5 Å². The molecule has 108 valence electrons. The van der Waals surface area contributed by atoms with Crippen molar-refractivity contribution in [3.05, 3.63) is 12.4 Å². The lowest BCUT2D eigenvalue weighted by atomic mass is 10.2.